The fourth-order valence-electron chi connectivity index (χ4n) is 1.98. The van der Waals surface area contributed by atoms with Gasteiger partial charge in [-0.25, -0.2) is 0 Å². The Kier molecular flexibility index (Phi) is 3.59. The smallest absolute Gasteiger partial charge is 0.179 e. The topological polar surface area (TPSA) is 42.2 Å². The molecule has 1 aromatic carbocycles. The Morgan fingerprint density at radius 2 is 2.18 bits per heavy atom. The van der Waals surface area contributed by atoms with Crippen molar-refractivity contribution >= 4 is 16.8 Å². The highest BCUT2D eigenvalue weighted by Crippen LogP contribution is 2.18. The lowest BCUT2D eigenvalue weighted by molar-refractivity contribution is 0.0941. The Balaban J connectivity index is 2.28. The van der Waals surface area contributed by atoms with E-state index in [9.17, 15) is 4.79 Å². The number of hydrogen-bond acceptors (Lipinski definition) is 3. The monoisotopic (exact) mass is 231 g/mol. The summed E-state index contributed by atoms with van der Waals surface area (Å²) in [6, 6.07) is 7.39. The number of furan rings is 1. The molecule has 0 aliphatic heterocycles. The van der Waals surface area contributed by atoms with Crippen molar-refractivity contribution < 1.29 is 9.21 Å². The van der Waals surface area contributed by atoms with Crippen molar-refractivity contribution in [2.45, 2.75) is 26.3 Å². The molecule has 2 aromatic rings. The number of ketones is 1. The van der Waals surface area contributed by atoms with Crippen molar-refractivity contribution in [2.75, 3.05) is 6.54 Å². The Hall–Kier alpha value is -1.61. The zero-order valence-corrected chi connectivity index (χ0v) is 10.2. The molecule has 2 rings (SSSR count). The SMILES string of the molecule is CCNC(CC)C(=O)c1ccc2ccoc2c1. The molecule has 3 heteroatoms. The molecule has 3 nitrogen and oxygen atoms in total. The van der Waals surface area contributed by atoms with Crippen LogP contribution in [-0.4, -0.2) is 18.4 Å². The van der Waals surface area contributed by atoms with Crippen LogP contribution in [0.25, 0.3) is 11.0 Å². The van der Waals surface area contributed by atoms with Crippen LogP contribution in [0.5, 0.6) is 0 Å². The molecule has 0 fully saturated rings. The molecule has 1 atom stereocenters. The van der Waals surface area contributed by atoms with Crippen molar-refractivity contribution in [3.8, 4) is 0 Å². The molecule has 0 aliphatic carbocycles. The van der Waals surface area contributed by atoms with Gasteiger partial charge in [-0.2, -0.15) is 0 Å². The maximum absolute atomic E-state index is 12.2. The first kappa shape index (κ1) is 11.9. The van der Waals surface area contributed by atoms with Gasteiger partial charge in [0.15, 0.2) is 5.78 Å². The molecule has 1 aromatic heterocycles. The summed E-state index contributed by atoms with van der Waals surface area (Å²) in [5.41, 5.74) is 1.47. The van der Waals surface area contributed by atoms with Crippen molar-refractivity contribution in [3.05, 3.63) is 36.1 Å². The zero-order chi connectivity index (χ0) is 12.3. The fourth-order valence-corrected chi connectivity index (χ4v) is 1.98. The standard InChI is InChI=1S/C14H17NO2/c1-3-12(15-4-2)14(16)11-6-5-10-7-8-17-13(10)9-11/h5-9,12,15H,3-4H2,1-2H3. The lowest BCUT2D eigenvalue weighted by Crippen LogP contribution is -2.35. The first-order chi connectivity index (χ1) is 8.26. The number of nitrogens with one attached hydrogen (secondary N) is 1. The van der Waals surface area contributed by atoms with E-state index in [2.05, 4.69) is 5.32 Å². The van der Waals surface area contributed by atoms with Gasteiger partial charge in [-0.1, -0.05) is 26.0 Å². The second-order valence-electron chi connectivity index (χ2n) is 4.06. The van der Waals surface area contributed by atoms with E-state index >= 15 is 0 Å². The summed E-state index contributed by atoms with van der Waals surface area (Å²) in [6.07, 6.45) is 2.43. The number of carbonyl (C=O) groups is 1. The van der Waals surface area contributed by atoms with Gasteiger partial charge >= 0.3 is 0 Å². The molecule has 0 bridgehead atoms. The van der Waals surface area contributed by atoms with E-state index < -0.39 is 0 Å². The summed E-state index contributed by atoms with van der Waals surface area (Å²) in [5, 5.41) is 4.22. The van der Waals surface area contributed by atoms with Gasteiger partial charge in [0.2, 0.25) is 0 Å². The minimum Gasteiger partial charge on any atom is -0.464 e. The zero-order valence-electron chi connectivity index (χ0n) is 10.2. The summed E-state index contributed by atoms with van der Waals surface area (Å²) in [7, 11) is 0. The molecule has 0 aliphatic rings. The number of hydrogen-bond donors (Lipinski definition) is 1. The van der Waals surface area contributed by atoms with Crippen molar-refractivity contribution in [2.24, 2.45) is 0 Å². The molecule has 0 amide bonds. The maximum Gasteiger partial charge on any atom is 0.179 e. The van der Waals surface area contributed by atoms with Crippen LogP contribution in [-0.2, 0) is 0 Å². The summed E-state index contributed by atoms with van der Waals surface area (Å²) in [6.45, 7) is 4.82. The minimum absolute atomic E-state index is 0.104. The highest BCUT2D eigenvalue weighted by molar-refractivity contribution is 6.02. The predicted octanol–water partition coefficient (Wildman–Crippen LogP) is 3.00. The molecule has 1 N–H and O–H groups in total. The molecule has 0 spiro atoms. The van der Waals surface area contributed by atoms with Gasteiger partial charge in [-0.3, -0.25) is 4.79 Å². The Labute approximate surface area is 101 Å². The highest BCUT2D eigenvalue weighted by atomic mass is 16.3. The van der Waals surface area contributed by atoms with Crippen molar-refractivity contribution in [1.29, 1.82) is 0 Å². The third kappa shape index (κ3) is 2.39. The van der Waals surface area contributed by atoms with E-state index in [0.717, 1.165) is 23.9 Å². The second-order valence-corrected chi connectivity index (χ2v) is 4.06. The number of likely N-dealkylation sites (N-methyl/N-ethyl adjacent to an activating group) is 1. The summed E-state index contributed by atoms with van der Waals surface area (Å²) in [5.74, 6) is 0.132. The van der Waals surface area contributed by atoms with Crippen molar-refractivity contribution in [1.82, 2.24) is 5.32 Å². The van der Waals surface area contributed by atoms with Crippen LogP contribution >= 0.6 is 0 Å². The maximum atomic E-state index is 12.2. The average Bonchev–Trinajstić information content (AvgIpc) is 2.82. The largest absolute Gasteiger partial charge is 0.464 e. The van der Waals surface area contributed by atoms with Gasteiger partial charge in [-0.05, 0) is 25.1 Å². The molecule has 0 saturated heterocycles. The third-order valence-electron chi connectivity index (χ3n) is 2.92. The molecule has 17 heavy (non-hydrogen) atoms. The van der Waals surface area contributed by atoms with E-state index in [1.54, 1.807) is 6.26 Å². The number of benzene rings is 1. The van der Waals surface area contributed by atoms with E-state index in [1.165, 1.54) is 0 Å². The van der Waals surface area contributed by atoms with Gasteiger partial charge in [0.25, 0.3) is 0 Å². The number of Topliss-reactive ketones (excluding diaryl/α,β-unsaturated/α-hetero) is 1. The van der Waals surface area contributed by atoms with Crippen LogP contribution < -0.4 is 5.32 Å². The van der Waals surface area contributed by atoms with E-state index in [4.69, 9.17) is 4.42 Å². The van der Waals surface area contributed by atoms with E-state index in [-0.39, 0.29) is 11.8 Å². The normalized spacial score (nSPS) is 12.8. The van der Waals surface area contributed by atoms with Gasteiger partial charge < -0.3 is 9.73 Å². The van der Waals surface area contributed by atoms with E-state index in [0.29, 0.717) is 5.56 Å². The van der Waals surface area contributed by atoms with Gasteiger partial charge in [0.1, 0.15) is 5.58 Å². The highest BCUT2D eigenvalue weighted by Gasteiger charge is 2.17. The Morgan fingerprint density at radius 1 is 1.35 bits per heavy atom. The van der Waals surface area contributed by atoms with Crippen LogP contribution in [0.4, 0.5) is 0 Å². The summed E-state index contributed by atoms with van der Waals surface area (Å²) in [4.78, 5) is 12.2. The first-order valence-electron chi connectivity index (χ1n) is 6.01. The van der Waals surface area contributed by atoms with E-state index in [1.807, 2.05) is 38.1 Å². The van der Waals surface area contributed by atoms with Crippen LogP contribution in [0.2, 0.25) is 0 Å². The summed E-state index contributed by atoms with van der Waals surface area (Å²) >= 11 is 0. The number of rotatable bonds is 5. The van der Waals surface area contributed by atoms with Crippen LogP contribution in [0.15, 0.2) is 34.9 Å². The van der Waals surface area contributed by atoms with Gasteiger partial charge in [0, 0.05) is 10.9 Å². The van der Waals surface area contributed by atoms with Crippen LogP contribution in [0.3, 0.4) is 0 Å². The fraction of sp³-hybridized carbons (Fsp3) is 0.357. The predicted molar refractivity (Wildman–Crippen MR) is 68.3 cm³/mol. The summed E-state index contributed by atoms with van der Waals surface area (Å²) < 4.78 is 5.31. The molecule has 0 radical (unpaired) electrons. The molecule has 90 valence electrons. The number of carbonyl (C=O) groups excluding carboxylic acids is 1. The van der Waals surface area contributed by atoms with Crippen LogP contribution in [0.1, 0.15) is 30.6 Å². The van der Waals surface area contributed by atoms with Gasteiger partial charge in [-0.15, -0.1) is 0 Å². The Morgan fingerprint density at radius 3 is 2.88 bits per heavy atom. The first-order valence-corrected chi connectivity index (χ1v) is 6.01. The lowest BCUT2D eigenvalue weighted by atomic mass is 10.0. The second kappa shape index (κ2) is 5.15. The molecular formula is C14H17NO2. The number of fused-ring (bicyclic) bond motifs is 1. The molecule has 1 heterocycles. The average molecular weight is 231 g/mol. The van der Waals surface area contributed by atoms with Gasteiger partial charge in [0.05, 0.1) is 12.3 Å². The minimum atomic E-state index is -0.104. The Bertz CT molecular complexity index is 516. The molecule has 0 saturated carbocycles. The van der Waals surface area contributed by atoms with Crippen molar-refractivity contribution in [3.63, 3.8) is 0 Å². The van der Waals surface area contributed by atoms with Crippen LogP contribution in [0, 0.1) is 0 Å². The molecule has 1 unspecified atom stereocenters. The molecular weight excluding hydrogens is 214 g/mol. The third-order valence-corrected chi connectivity index (χ3v) is 2.92. The lowest BCUT2D eigenvalue weighted by Gasteiger charge is -2.14. The quantitative estimate of drug-likeness (QED) is 0.804.